The fourth-order valence-electron chi connectivity index (χ4n) is 3.27. The van der Waals surface area contributed by atoms with Gasteiger partial charge in [-0.1, -0.05) is 6.07 Å². The van der Waals surface area contributed by atoms with E-state index in [2.05, 4.69) is 5.32 Å². The Kier molecular flexibility index (Phi) is 6.36. The third-order valence-corrected chi connectivity index (χ3v) is 6.89. The lowest BCUT2D eigenvalue weighted by Gasteiger charge is -2.26. The molecule has 1 heterocycles. The number of carbonyl (C=O) groups excluding carboxylic acids is 1. The van der Waals surface area contributed by atoms with Crippen LogP contribution in [-0.4, -0.2) is 64.6 Å². The van der Waals surface area contributed by atoms with E-state index in [1.54, 1.807) is 12.1 Å². The molecule has 1 saturated carbocycles. The highest BCUT2D eigenvalue weighted by Gasteiger charge is 2.32. The van der Waals surface area contributed by atoms with Crippen LogP contribution < -0.4 is 15.8 Å². The van der Waals surface area contributed by atoms with Gasteiger partial charge in [0, 0.05) is 25.7 Å². The lowest BCUT2D eigenvalue weighted by atomic mass is 10.1. The number of nitrogens with one attached hydrogen (secondary N) is 1. The molecule has 2 fully saturated rings. The Hall–Kier alpha value is -1.68. The molecule has 1 saturated heterocycles. The van der Waals surface area contributed by atoms with Crippen LogP contribution in [0.1, 0.15) is 18.4 Å². The summed E-state index contributed by atoms with van der Waals surface area (Å²) < 4.78 is 37.9. The van der Waals surface area contributed by atoms with Gasteiger partial charge in [0.2, 0.25) is 15.9 Å². The first-order chi connectivity index (χ1) is 13.0. The van der Waals surface area contributed by atoms with E-state index in [1.807, 2.05) is 0 Å². The Morgan fingerprint density at radius 1 is 1.37 bits per heavy atom. The van der Waals surface area contributed by atoms with Crippen molar-refractivity contribution in [3.8, 4) is 5.75 Å². The van der Waals surface area contributed by atoms with Gasteiger partial charge in [-0.15, -0.1) is 0 Å². The van der Waals surface area contributed by atoms with Crippen LogP contribution in [0.15, 0.2) is 23.1 Å². The smallest absolute Gasteiger partial charge is 0.246 e. The van der Waals surface area contributed by atoms with Crippen LogP contribution in [0.3, 0.4) is 0 Å². The maximum Gasteiger partial charge on any atom is 0.246 e. The van der Waals surface area contributed by atoms with Gasteiger partial charge in [-0.2, -0.15) is 4.31 Å². The molecule has 2 aliphatic rings. The summed E-state index contributed by atoms with van der Waals surface area (Å²) >= 11 is 0. The van der Waals surface area contributed by atoms with Gasteiger partial charge in [0.05, 0.1) is 26.7 Å². The van der Waals surface area contributed by atoms with Gasteiger partial charge < -0.3 is 20.5 Å². The van der Waals surface area contributed by atoms with Crippen molar-refractivity contribution in [3.63, 3.8) is 0 Å². The number of carbonyl (C=O) groups is 1. The average Bonchev–Trinajstić information content (AvgIpc) is 3.52. The number of hydrogen-bond acceptors (Lipinski definition) is 6. The summed E-state index contributed by atoms with van der Waals surface area (Å²) in [5, 5.41) is 2.96. The molecule has 0 bridgehead atoms. The van der Waals surface area contributed by atoms with Crippen LogP contribution in [0.25, 0.3) is 0 Å². The number of ether oxygens (including phenoxy) is 2. The molecule has 150 valence electrons. The highest BCUT2D eigenvalue weighted by Crippen LogP contribution is 2.32. The van der Waals surface area contributed by atoms with Crippen molar-refractivity contribution >= 4 is 15.9 Å². The average molecular weight is 397 g/mol. The van der Waals surface area contributed by atoms with Gasteiger partial charge in [0.15, 0.2) is 0 Å². The predicted octanol–water partition coefficient (Wildman–Crippen LogP) is 0.112. The number of sulfonamides is 1. The Labute approximate surface area is 160 Å². The number of rotatable bonds is 8. The van der Waals surface area contributed by atoms with E-state index in [0.29, 0.717) is 44.3 Å². The van der Waals surface area contributed by atoms with Crippen LogP contribution in [0.5, 0.6) is 5.75 Å². The molecule has 1 aliphatic carbocycles. The number of nitrogens with zero attached hydrogens (tertiary/aromatic N) is 1. The molecule has 0 spiro atoms. The predicted molar refractivity (Wildman–Crippen MR) is 100.0 cm³/mol. The van der Waals surface area contributed by atoms with Crippen molar-refractivity contribution < 1.29 is 22.7 Å². The van der Waals surface area contributed by atoms with Crippen LogP contribution in [0, 0.1) is 5.92 Å². The summed E-state index contributed by atoms with van der Waals surface area (Å²) in [6, 6.07) is 4.83. The standard InChI is InChI=1S/C18H27N3O5S/c1-25-16-5-2-13(11-18(22)20-15(12-19)14-3-4-14)10-17(16)27(23,24)21-6-8-26-9-7-21/h2,5,10,14-15H,3-4,6-9,11-12,19H2,1H3,(H,20,22). The number of hydrogen-bond donors (Lipinski definition) is 2. The van der Waals surface area contributed by atoms with Crippen LogP contribution >= 0.6 is 0 Å². The lowest BCUT2D eigenvalue weighted by molar-refractivity contribution is -0.121. The first-order valence-electron chi connectivity index (χ1n) is 9.20. The van der Waals surface area contributed by atoms with Crippen molar-refractivity contribution in [2.75, 3.05) is 40.0 Å². The second-order valence-electron chi connectivity index (χ2n) is 6.93. The molecule has 1 atom stereocenters. The molecule has 0 aromatic heterocycles. The summed E-state index contributed by atoms with van der Waals surface area (Å²) in [6.45, 7) is 1.75. The molecule has 0 radical (unpaired) electrons. The second kappa shape index (κ2) is 8.55. The minimum absolute atomic E-state index is 0.00713. The third kappa shape index (κ3) is 4.78. The van der Waals surface area contributed by atoms with Gasteiger partial charge in [-0.3, -0.25) is 4.79 Å². The van der Waals surface area contributed by atoms with Gasteiger partial charge in [0.1, 0.15) is 10.6 Å². The van der Waals surface area contributed by atoms with Crippen molar-refractivity contribution in [2.45, 2.75) is 30.2 Å². The Morgan fingerprint density at radius 3 is 2.67 bits per heavy atom. The Bertz CT molecular complexity index is 773. The Morgan fingerprint density at radius 2 is 2.07 bits per heavy atom. The van der Waals surface area contributed by atoms with E-state index >= 15 is 0 Å². The zero-order chi connectivity index (χ0) is 19.4. The summed E-state index contributed by atoms with van der Waals surface area (Å²) in [5.74, 6) is 0.577. The van der Waals surface area contributed by atoms with Crippen molar-refractivity contribution in [1.29, 1.82) is 0 Å². The van der Waals surface area contributed by atoms with Gasteiger partial charge >= 0.3 is 0 Å². The molecule has 1 aromatic rings. The summed E-state index contributed by atoms with van der Waals surface area (Å²) in [6.07, 6.45) is 2.28. The van der Waals surface area contributed by atoms with E-state index in [0.717, 1.165) is 12.8 Å². The Balaban J connectivity index is 1.77. The lowest BCUT2D eigenvalue weighted by Crippen LogP contribution is -2.42. The summed E-state index contributed by atoms with van der Waals surface area (Å²) in [4.78, 5) is 12.4. The fourth-order valence-corrected chi connectivity index (χ4v) is 4.88. The molecule has 1 aromatic carbocycles. The van der Waals surface area contributed by atoms with E-state index in [-0.39, 0.29) is 29.0 Å². The van der Waals surface area contributed by atoms with Crippen molar-refractivity contribution in [3.05, 3.63) is 23.8 Å². The minimum atomic E-state index is -3.72. The largest absolute Gasteiger partial charge is 0.495 e. The number of morpholine rings is 1. The quantitative estimate of drug-likeness (QED) is 0.644. The number of methoxy groups -OCH3 is 1. The monoisotopic (exact) mass is 397 g/mol. The number of amides is 1. The fraction of sp³-hybridized carbons (Fsp3) is 0.611. The minimum Gasteiger partial charge on any atom is -0.495 e. The first-order valence-corrected chi connectivity index (χ1v) is 10.6. The van der Waals surface area contributed by atoms with Crippen LogP contribution in [0.2, 0.25) is 0 Å². The van der Waals surface area contributed by atoms with Crippen LogP contribution in [0.4, 0.5) is 0 Å². The third-order valence-electron chi connectivity index (χ3n) is 4.97. The van der Waals surface area contributed by atoms with Gasteiger partial charge in [0.25, 0.3) is 0 Å². The highest BCUT2D eigenvalue weighted by molar-refractivity contribution is 7.89. The normalized spacial score (nSPS) is 19.5. The summed E-state index contributed by atoms with van der Waals surface area (Å²) in [5.41, 5.74) is 6.35. The molecular formula is C18H27N3O5S. The molecule has 3 rings (SSSR count). The molecule has 27 heavy (non-hydrogen) atoms. The molecule has 1 unspecified atom stereocenters. The highest BCUT2D eigenvalue weighted by atomic mass is 32.2. The molecule has 1 aliphatic heterocycles. The maximum absolute atomic E-state index is 13.0. The van der Waals surface area contributed by atoms with Gasteiger partial charge in [-0.05, 0) is 36.5 Å². The van der Waals surface area contributed by atoms with E-state index < -0.39 is 10.0 Å². The number of benzene rings is 1. The van der Waals surface area contributed by atoms with Crippen molar-refractivity contribution in [1.82, 2.24) is 9.62 Å². The van der Waals surface area contributed by atoms with E-state index in [9.17, 15) is 13.2 Å². The molecule has 3 N–H and O–H groups in total. The maximum atomic E-state index is 13.0. The van der Waals surface area contributed by atoms with Crippen LogP contribution in [-0.2, 0) is 26.0 Å². The summed E-state index contributed by atoms with van der Waals surface area (Å²) in [7, 11) is -2.29. The van der Waals surface area contributed by atoms with E-state index in [1.165, 1.54) is 17.5 Å². The zero-order valence-electron chi connectivity index (χ0n) is 15.5. The van der Waals surface area contributed by atoms with E-state index in [4.69, 9.17) is 15.2 Å². The van der Waals surface area contributed by atoms with Crippen molar-refractivity contribution in [2.24, 2.45) is 11.7 Å². The number of nitrogens with two attached hydrogens (primary N) is 1. The molecule has 1 amide bonds. The molecule has 8 nitrogen and oxygen atoms in total. The SMILES string of the molecule is COc1ccc(CC(=O)NC(CN)C2CC2)cc1S(=O)(=O)N1CCOCC1. The first kappa shape index (κ1) is 20.1. The topological polar surface area (TPSA) is 111 Å². The zero-order valence-corrected chi connectivity index (χ0v) is 16.3. The molecular weight excluding hydrogens is 370 g/mol. The second-order valence-corrected chi connectivity index (χ2v) is 8.83. The molecule has 9 heteroatoms. The van der Waals surface area contributed by atoms with Gasteiger partial charge in [-0.25, -0.2) is 8.42 Å².